The lowest BCUT2D eigenvalue weighted by molar-refractivity contribution is -0.146. The molecule has 0 N–H and O–H groups in total. The zero-order valence-electron chi connectivity index (χ0n) is 26.2. The number of ether oxygens (including phenoxy) is 3. The molecule has 3 heterocycles. The van der Waals surface area contributed by atoms with E-state index >= 15 is 0 Å². The smallest absolute Gasteiger partial charge is 0.410 e. The third-order valence-corrected chi connectivity index (χ3v) is 10.1. The third kappa shape index (κ3) is 7.63. The van der Waals surface area contributed by atoms with Crippen LogP contribution in [0.5, 0.6) is 5.75 Å². The van der Waals surface area contributed by atoms with Crippen molar-refractivity contribution >= 4 is 26.0 Å². The maximum Gasteiger partial charge on any atom is 0.410 e. The van der Waals surface area contributed by atoms with E-state index in [-0.39, 0.29) is 48.9 Å². The van der Waals surface area contributed by atoms with Crippen molar-refractivity contribution in [3.05, 3.63) is 29.3 Å². The van der Waals surface area contributed by atoms with Crippen LogP contribution in [0.4, 0.5) is 4.79 Å². The Labute approximate surface area is 246 Å². The molecule has 2 saturated heterocycles. The quantitative estimate of drug-likeness (QED) is 0.295. The van der Waals surface area contributed by atoms with Crippen LogP contribution in [-0.2, 0) is 20.8 Å². The van der Waals surface area contributed by atoms with Crippen LogP contribution in [0.1, 0.15) is 76.2 Å². The molecule has 1 aromatic rings. The summed E-state index contributed by atoms with van der Waals surface area (Å²) in [5.74, 6) is 0.786. The van der Waals surface area contributed by atoms with E-state index in [2.05, 4.69) is 19.6 Å². The van der Waals surface area contributed by atoms with Crippen molar-refractivity contribution in [2.45, 2.75) is 122 Å². The normalized spacial score (nSPS) is 25.4. The van der Waals surface area contributed by atoms with Gasteiger partial charge in [0.05, 0.1) is 18.1 Å². The second-order valence-electron chi connectivity index (χ2n) is 14.0. The van der Waals surface area contributed by atoms with Crippen LogP contribution >= 0.6 is 0 Å². The number of hydrogen-bond donors (Lipinski definition) is 0. The van der Waals surface area contributed by atoms with Gasteiger partial charge < -0.3 is 28.9 Å². The van der Waals surface area contributed by atoms with Gasteiger partial charge in [0.15, 0.2) is 0 Å². The maximum absolute atomic E-state index is 13.5. The highest BCUT2D eigenvalue weighted by Crippen LogP contribution is 2.34. The van der Waals surface area contributed by atoms with Crippen LogP contribution in [-0.4, -0.2) is 90.4 Å². The fourth-order valence-corrected chi connectivity index (χ4v) is 6.67. The van der Waals surface area contributed by atoms with Crippen LogP contribution in [0.25, 0.3) is 0 Å². The molecule has 0 aliphatic carbocycles. The van der Waals surface area contributed by atoms with Crippen molar-refractivity contribution in [3.63, 3.8) is 0 Å². The molecule has 0 radical (unpaired) electrons. The molecule has 0 bridgehead atoms. The summed E-state index contributed by atoms with van der Waals surface area (Å²) in [4.78, 5) is 44.5. The largest absolute Gasteiger partial charge is 0.488 e. The highest BCUT2D eigenvalue weighted by Gasteiger charge is 2.42. The second-order valence-corrected chi connectivity index (χ2v) is 19.6. The van der Waals surface area contributed by atoms with Gasteiger partial charge in [0, 0.05) is 39.8 Å². The van der Waals surface area contributed by atoms with Gasteiger partial charge in [-0.3, -0.25) is 9.59 Å². The number of carbonyl (C=O) groups is 3. The number of benzene rings is 1. The van der Waals surface area contributed by atoms with Gasteiger partial charge in [-0.1, -0.05) is 19.6 Å². The minimum absolute atomic E-state index is 0.000477. The zero-order chi connectivity index (χ0) is 30.1. The second kappa shape index (κ2) is 12.3. The van der Waals surface area contributed by atoms with Gasteiger partial charge in [0.2, 0.25) is 5.91 Å². The van der Waals surface area contributed by atoms with Gasteiger partial charge in [0.25, 0.3) is 5.91 Å². The summed E-state index contributed by atoms with van der Waals surface area (Å²) in [6, 6.07) is 6.38. The first kappa shape index (κ1) is 31.3. The summed E-state index contributed by atoms with van der Waals surface area (Å²) in [6.07, 6.45) is 2.25. The Balaban J connectivity index is 1.39. The molecule has 4 atom stereocenters. The summed E-state index contributed by atoms with van der Waals surface area (Å²) in [6.45, 7) is 18.6. The van der Waals surface area contributed by atoms with Gasteiger partial charge >= 0.3 is 6.09 Å². The number of likely N-dealkylation sites (tertiary alicyclic amines) is 2. The summed E-state index contributed by atoms with van der Waals surface area (Å²) < 4.78 is 17.9. The van der Waals surface area contributed by atoms with Crippen LogP contribution in [0.2, 0.25) is 25.7 Å². The molecule has 2 fully saturated rings. The Morgan fingerprint density at radius 2 is 1.80 bits per heavy atom. The molecule has 2 unspecified atom stereocenters. The Bertz CT molecular complexity index is 1130. The monoisotopic (exact) mass is 587 g/mol. The molecule has 1 aromatic carbocycles. The number of amides is 3. The molecule has 4 rings (SSSR count). The number of piperidine rings is 2. The number of hydrogen-bond acceptors (Lipinski definition) is 6. The van der Waals surface area contributed by atoms with Crippen LogP contribution in [0, 0.1) is 0 Å². The minimum Gasteiger partial charge on any atom is -0.488 e. The van der Waals surface area contributed by atoms with E-state index in [0.717, 1.165) is 24.4 Å². The Morgan fingerprint density at radius 3 is 2.49 bits per heavy atom. The molecule has 228 valence electrons. The fourth-order valence-electron chi connectivity index (χ4n) is 5.92. The first-order valence-electron chi connectivity index (χ1n) is 15.1. The average molecular weight is 588 g/mol. The SMILES string of the molecule is CC1C(N2Cc3cc(O[C@@H]4CCCN(C(=O)OC(C)(C)C)[C@@H]4C)ccc3C2=O)CCC(=O)N1COCC[Si](C)(C)C. The first-order chi connectivity index (χ1) is 19.1. The van der Waals surface area contributed by atoms with E-state index in [1.807, 2.05) is 57.7 Å². The molecule has 9 nitrogen and oxygen atoms in total. The number of carbonyl (C=O) groups excluding carboxylic acids is 3. The maximum atomic E-state index is 13.5. The van der Waals surface area contributed by atoms with Crippen molar-refractivity contribution in [3.8, 4) is 5.75 Å². The number of fused-ring (bicyclic) bond motifs is 1. The molecular weight excluding hydrogens is 538 g/mol. The van der Waals surface area contributed by atoms with Gasteiger partial charge in [-0.15, -0.1) is 0 Å². The summed E-state index contributed by atoms with van der Waals surface area (Å²) in [5, 5.41) is 0. The predicted octanol–water partition coefficient (Wildman–Crippen LogP) is 5.50. The van der Waals surface area contributed by atoms with Crippen molar-refractivity contribution in [2.24, 2.45) is 0 Å². The molecule has 3 amide bonds. The van der Waals surface area contributed by atoms with Crippen molar-refractivity contribution in [2.75, 3.05) is 19.9 Å². The van der Waals surface area contributed by atoms with Gasteiger partial charge in [-0.2, -0.15) is 0 Å². The average Bonchev–Trinajstić information content (AvgIpc) is 3.18. The van der Waals surface area contributed by atoms with Crippen LogP contribution in [0.3, 0.4) is 0 Å². The van der Waals surface area contributed by atoms with Gasteiger partial charge in [0.1, 0.15) is 24.2 Å². The Hall–Kier alpha value is -2.59. The Morgan fingerprint density at radius 1 is 1.07 bits per heavy atom. The molecule has 0 aromatic heterocycles. The van der Waals surface area contributed by atoms with Gasteiger partial charge in [-0.25, -0.2) is 4.79 Å². The molecule has 0 saturated carbocycles. The topological polar surface area (TPSA) is 88.6 Å². The zero-order valence-corrected chi connectivity index (χ0v) is 27.2. The molecule has 41 heavy (non-hydrogen) atoms. The summed E-state index contributed by atoms with van der Waals surface area (Å²) in [7, 11) is -1.21. The lowest BCUT2D eigenvalue weighted by atomic mass is 9.96. The van der Waals surface area contributed by atoms with Crippen molar-refractivity contribution in [1.29, 1.82) is 0 Å². The summed E-state index contributed by atoms with van der Waals surface area (Å²) in [5.41, 5.74) is 1.07. The lowest BCUT2D eigenvalue weighted by Gasteiger charge is -2.43. The van der Waals surface area contributed by atoms with E-state index < -0.39 is 13.7 Å². The molecule has 10 heteroatoms. The fraction of sp³-hybridized carbons (Fsp3) is 0.710. The lowest BCUT2D eigenvalue weighted by Crippen LogP contribution is -2.56. The third-order valence-electron chi connectivity index (χ3n) is 8.39. The molecule has 3 aliphatic rings. The van der Waals surface area contributed by atoms with Crippen LogP contribution in [0.15, 0.2) is 18.2 Å². The Kier molecular flexibility index (Phi) is 9.43. The van der Waals surface area contributed by atoms with E-state index in [1.165, 1.54) is 0 Å². The van der Waals surface area contributed by atoms with Crippen molar-refractivity contribution < 1.29 is 28.6 Å². The summed E-state index contributed by atoms with van der Waals surface area (Å²) >= 11 is 0. The highest BCUT2D eigenvalue weighted by atomic mass is 28.3. The predicted molar refractivity (Wildman–Crippen MR) is 161 cm³/mol. The molecule has 0 spiro atoms. The highest BCUT2D eigenvalue weighted by molar-refractivity contribution is 6.76. The first-order valence-corrected chi connectivity index (χ1v) is 18.8. The minimum atomic E-state index is -1.21. The number of rotatable bonds is 8. The standard InChI is InChI=1S/C31H49N3O6Si/c1-21-26(13-14-28(35)34(21)20-38-16-17-41(6,7)8)33-19-23-18-24(11-12-25(23)29(33)36)39-27-10-9-15-32(22(27)2)30(37)40-31(3,4)5/h11-12,18,21-22,26-27H,9-10,13-17,19-20H2,1-8H3/t21?,22-,26?,27-/m1/s1. The molecule has 3 aliphatic heterocycles. The van der Waals surface area contributed by atoms with E-state index in [0.29, 0.717) is 43.9 Å². The van der Waals surface area contributed by atoms with E-state index in [4.69, 9.17) is 14.2 Å². The van der Waals surface area contributed by atoms with Crippen LogP contribution < -0.4 is 4.74 Å². The van der Waals surface area contributed by atoms with E-state index in [9.17, 15) is 14.4 Å². The van der Waals surface area contributed by atoms with E-state index in [1.54, 1.807) is 9.80 Å². The molecular formula is C31H49N3O6Si. The van der Waals surface area contributed by atoms with Gasteiger partial charge in [-0.05, 0) is 83.7 Å². The number of nitrogens with zero attached hydrogens (tertiary/aromatic N) is 3. The van der Waals surface area contributed by atoms with Crippen molar-refractivity contribution in [1.82, 2.24) is 14.7 Å².